The smallest absolute Gasteiger partial charge is 0.305 e. The summed E-state index contributed by atoms with van der Waals surface area (Å²) in [5, 5.41) is 17.2. The fraction of sp³-hybridized carbons (Fsp3) is 0.773. The van der Waals surface area contributed by atoms with Crippen LogP contribution in [0.3, 0.4) is 0 Å². The number of hydrogen-bond donors (Lipinski definition) is 2. The summed E-state index contributed by atoms with van der Waals surface area (Å²) in [7, 11) is 0. The molecule has 0 saturated carbocycles. The minimum absolute atomic E-state index is 0.0557. The molecule has 0 radical (unpaired) electrons. The van der Waals surface area contributed by atoms with E-state index in [1.54, 1.807) is 0 Å². The Hall–Kier alpha value is -2.27. The maximum atomic E-state index is 12.5. The number of carbonyl (C=O) groups is 3. The Morgan fingerprint density at radius 2 is 0.971 bits per heavy atom. The summed E-state index contributed by atoms with van der Waals surface area (Å²) in [6, 6.07) is 0. The molecule has 0 heterocycles. The highest BCUT2D eigenvalue weighted by atomic mass is 16.6. The molecule has 12 nitrogen and oxygen atoms in total. The molecule has 0 aliphatic heterocycles. The Bertz CT molecular complexity index is 556. The average Bonchev–Trinajstić information content (AvgIpc) is 2.79. The van der Waals surface area contributed by atoms with Gasteiger partial charge in [0, 0.05) is 13.1 Å². The van der Waals surface area contributed by atoms with Crippen molar-refractivity contribution in [1.29, 1.82) is 0 Å². The second-order valence-corrected chi connectivity index (χ2v) is 6.74. The predicted molar refractivity (Wildman–Crippen MR) is 119 cm³/mol. The number of carboxylic acid groups (broad SMARTS) is 2. The van der Waals surface area contributed by atoms with Crippen LogP contribution in [0.15, 0.2) is 0 Å². The molecule has 1 amide bonds. The molecule has 34 heavy (non-hydrogen) atoms. The largest absolute Gasteiger partial charge is 0.481 e. The standard InChI is InChI=1S/C22H37NO11/c1-2-8-29-14-16-33-18-19-34-17-15-32-9-3-20(24)23(6-12-30-10-4-21(25)26)7-13-31-11-5-22(27)28/h1H,3-19H2,(H,25,26)(H,27,28). The minimum Gasteiger partial charge on any atom is -0.481 e. The summed E-state index contributed by atoms with van der Waals surface area (Å²) in [5.41, 5.74) is 0. The van der Waals surface area contributed by atoms with Gasteiger partial charge in [-0.3, -0.25) is 14.4 Å². The molecule has 2 N–H and O–H groups in total. The van der Waals surface area contributed by atoms with Gasteiger partial charge in [-0.1, -0.05) is 5.92 Å². The van der Waals surface area contributed by atoms with Crippen molar-refractivity contribution in [3.63, 3.8) is 0 Å². The van der Waals surface area contributed by atoms with Crippen molar-refractivity contribution in [1.82, 2.24) is 4.90 Å². The molecule has 0 aliphatic rings. The van der Waals surface area contributed by atoms with Crippen LogP contribution in [0.5, 0.6) is 0 Å². The van der Waals surface area contributed by atoms with Crippen molar-refractivity contribution in [2.75, 3.05) is 92.4 Å². The van der Waals surface area contributed by atoms with Crippen LogP contribution in [-0.4, -0.2) is 125 Å². The van der Waals surface area contributed by atoms with Gasteiger partial charge in [0.05, 0.1) is 91.9 Å². The van der Waals surface area contributed by atoms with Crippen LogP contribution in [0.4, 0.5) is 0 Å². The predicted octanol–water partition coefficient (Wildman–Crippen LogP) is -0.113. The number of rotatable bonds is 25. The number of ether oxygens (including phenoxy) is 6. The van der Waals surface area contributed by atoms with E-state index >= 15 is 0 Å². The summed E-state index contributed by atoms with van der Waals surface area (Å²) in [6.45, 7) is 3.87. The Morgan fingerprint density at radius 3 is 1.41 bits per heavy atom. The Balaban J connectivity index is 3.93. The van der Waals surface area contributed by atoms with Gasteiger partial charge in [-0.2, -0.15) is 0 Å². The van der Waals surface area contributed by atoms with Crippen molar-refractivity contribution in [2.45, 2.75) is 19.3 Å². The van der Waals surface area contributed by atoms with Crippen molar-refractivity contribution < 1.29 is 53.0 Å². The lowest BCUT2D eigenvalue weighted by molar-refractivity contribution is -0.139. The highest BCUT2D eigenvalue weighted by molar-refractivity contribution is 5.76. The van der Waals surface area contributed by atoms with E-state index in [1.807, 2.05) is 0 Å². The third-order valence-corrected chi connectivity index (χ3v) is 4.05. The summed E-state index contributed by atoms with van der Waals surface area (Å²) in [6.07, 6.45) is 4.97. The highest BCUT2D eigenvalue weighted by Gasteiger charge is 2.13. The van der Waals surface area contributed by atoms with Crippen molar-refractivity contribution in [2.24, 2.45) is 0 Å². The molecule has 0 aromatic rings. The Kier molecular flexibility index (Phi) is 22.3. The number of hydrogen-bond acceptors (Lipinski definition) is 9. The maximum Gasteiger partial charge on any atom is 0.305 e. The average molecular weight is 492 g/mol. The van der Waals surface area contributed by atoms with Crippen LogP contribution in [0.25, 0.3) is 0 Å². The lowest BCUT2D eigenvalue weighted by atomic mass is 10.3. The van der Waals surface area contributed by atoms with Gasteiger partial charge in [0.1, 0.15) is 6.61 Å². The Morgan fingerprint density at radius 1 is 0.588 bits per heavy atom. The van der Waals surface area contributed by atoms with Crippen LogP contribution in [0, 0.1) is 12.3 Å². The monoisotopic (exact) mass is 491 g/mol. The van der Waals surface area contributed by atoms with E-state index in [0.29, 0.717) is 39.6 Å². The van der Waals surface area contributed by atoms with E-state index in [1.165, 1.54) is 4.90 Å². The molecule has 0 atom stereocenters. The number of carboxylic acids is 2. The van der Waals surface area contributed by atoms with E-state index in [-0.39, 0.29) is 77.9 Å². The number of aliphatic carboxylic acids is 2. The first-order chi connectivity index (χ1) is 16.5. The quantitative estimate of drug-likeness (QED) is 0.130. The molecule has 0 aromatic carbocycles. The molecule has 0 rings (SSSR count). The van der Waals surface area contributed by atoms with Gasteiger partial charge >= 0.3 is 11.9 Å². The molecular weight excluding hydrogens is 454 g/mol. The summed E-state index contributed by atoms with van der Waals surface area (Å²) >= 11 is 0. The molecule has 0 saturated heterocycles. The molecular formula is C22H37NO11. The van der Waals surface area contributed by atoms with E-state index in [0.717, 1.165) is 0 Å². The number of terminal acetylenes is 1. The van der Waals surface area contributed by atoms with Gasteiger partial charge in [-0.05, 0) is 0 Å². The zero-order valence-corrected chi connectivity index (χ0v) is 19.6. The van der Waals surface area contributed by atoms with Gasteiger partial charge in [0.15, 0.2) is 0 Å². The van der Waals surface area contributed by atoms with Crippen molar-refractivity contribution in [3.05, 3.63) is 0 Å². The lowest BCUT2D eigenvalue weighted by Crippen LogP contribution is -2.37. The SMILES string of the molecule is C#CCOCCOCCOCCOCCC(=O)N(CCOCCC(=O)O)CCOCCC(=O)O. The molecule has 196 valence electrons. The van der Waals surface area contributed by atoms with Gasteiger partial charge in [0.2, 0.25) is 5.91 Å². The lowest BCUT2D eigenvalue weighted by Gasteiger charge is -2.22. The second-order valence-electron chi connectivity index (χ2n) is 6.74. The molecule has 0 aromatic heterocycles. The number of nitrogens with zero attached hydrogens (tertiary/aromatic N) is 1. The number of carbonyl (C=O) groups excluding carboxylic acids is 1. The summed E-state index contributed by atoms with van der Waals surface area (Å²) in [4.78, 5) is 35.0. The first kappa shape index (κ1) is 31.7. The van der Waals surface area contributed by atoms with Crippen LogP contribution in [0.1, 0.15) is 19.3 Å². The maximum absolute atomic E-state index is 12.5. The molecule has 0 bridgehead atoms. The van der Waals surface area contributed by atoms with Gasteiger partial charge in [0.25, 0.3) is 0 Å². The van der Waals surface area contributed by atoms with Crippen LogP contribution < -0.4 is 0 Å². The first-order valence-electron chi connectivity index (χ1n) is 11.1. The van der Waals surface area contributed by atoms with Gasteiger partial charge < -0.3 is 43.5 Å². The van der Waals surface area contributed by atoms with Crippen LogP contribution >= 0.6 is 0 Å². The van der Waals surface area contributed by atoms with Gasteiger partial charge in [-0.15, -0.1) is 6.42 Å². The molecule has 0 aliphatic carbocycles. The van der Waals surface area contributed by atoms with Crippen molar-refractivity contribution >= 4 is 17.8 Å². The van der Waals surface area contributed by atoms with E-state index < -0.39 is 11.9 Å². The summed E-state index contributed by atoms with van der Waals surface area (Å²) < 4.78 is 31.6. The zero-order valence-electron chi connectivity index (χ0n) is 19.6. The van der Waals surface area contributed by atoms with Crippen LogP contribution in [-0.2, 0) is 42.8 Å². The van der Waals surface area contributed by atoms with E-state index in [9.17, 15) is 14.4 Å². The van der Waals surface area contributed by atoms with Crippen molar-refractivity contribution in [3.8, 4) is 12.3 Å². The third kappa shape index (κ3) is 22.9. The molecule has 0 spiro atoms. The fourth-order valence-electron chi connectivity index (χ4n) is 2.34. The van der Waals surface area contributed by atoms with Crippen LogP contribution in [0.2, 0.25) is 0 Å². The molecule has 0 fully saturated rings. The minimum atomic E-state index is -0.959. The van der Waals surface area contributed by atoms with Gasteiger partial charge in [-0.25, -0.2) is 0 Å². The van der Waals surface area contributed by atoms with E-state index in [2.05, 4.69) is 5.92 Å². The fourth-order valence-corrected chi connectivity index (χ4v) is 2.34. The topological polar surface area (TPSA) is 150 Å². The zero-order chi connectivity index (χ0) is 25.3. The Labute approximate surface area is 200 Å². The van der Waals surface area contributed by atoms with E-state index in [4.69, 9.17) is 45.1 Å². The molecule has 12 heteroatoms. The first-order valence-corrected chi connectivity index (χ1v) is 11.1. The third-order valence-electron chi connectivity index (χ3n) is 4.05. The number of amides is 1. The summed E-state index contributed by atoms with van der Waals surface area (Å²) in [5.74, 6) is 0.269. The molecule has 0 unspecified atom stereocenters. The second kappa shape index (κ2) is 23.9. The highest BCUT2D eigenvalue weighted by Crippen LogP contribution is 1.98. The normalized spacial score (nSPS) is 10.7.